The Morgan fingerprint density at radius 2 is 2.20 bits per heavy atom. The molecular weight excluding hydrogens is 250 g/mol. The number of nitrogens with one attached hydrogen (secondary N) is 2. The lowest BCUT2D eigenvalue weighted by Gasteiger charge is -2.33. The molecule has 20 heavy (non-hydrogen) atoms. The van der Waals surface area contributed by atoms with Crippen LogP contribution in [-0.2, 0) is 11.2 Å². The van der Waals surface area contributed by atoms with Crippen molar-refractivity contribution in [3.63, 3.8) is 0 Å². The number of hydrogen-bond acceptors (Lipinski definition) is 3. The smallest absolute Gasteiger partial charge is 0.137 e. The van der Waals surface area contributed by atoms with Gasteiger partial charge in [-0.15, -0.1) is 0 Å². The number of H-pyrrole nitrogens is 1. The second kappa shape index (κ2) is 4.86. The molecule has 0 aromatic carbocycles. The highest BCUT2D eigenvalue weighted by atomic mass is 16.5. The number of rotatable bonds is 2. The lowest BCUT2D eigenvalue weighted by atomic mass is 9.84. The Bertz CT molecular complexity index is 601. The summed E-state index contributed by atoms with van der Waals surface area (Å²) in [4.78, 5) is 7.56. The van der Waals surface area contributed by atoms with Crippen LogP contribution in [0.15, 0.2) is 24.5 Å². The van der Waals surface area contributed by atoms with E-state index in [9.17, 15) is 0 Å². The molecule has 4 heterocycles. The molecule has 0 bridgehead atoms. The van der Waals surface area contributed by atoms with Crippen molar-refractivity contribution in [2.45, 2.75) is 31.3 Å². The van der Waals surface area contributed by atoms with Crippen molar-refractivity contribution in [2.75, 3.05) is 19.7 Å². The van der Waals surface area contributed by atoms with E-state index in [-0.39, 0.29) is 5.60 Å². The molecule has 0 saturated carbocycles. The van der Waals surface area contributed by atoms with Crippen LogP contribution in [-0.4, -0.2) is 35.3 Å². The molecule has 4 heteroatoms. The highest BCUT2D eigenvalue weighted by molar-refractivity contribution is 5.79. The van der Waals surface area contributed by atoms with Crippen molar-refractivity contribution in [2.24, 2.45) is 5.92 Å². The Morgan fingerprint density at radius 1 is 1.30 bits per heavy atom. The summed E-state index contributed by atoms with van der Waals surface area (Å²) in [6.07, 6.45) is 8.53. The van der Waals surface area contributed by atoms with Gasteiger partial charge >= 0.3 is 0 Å². The predicted molar refractivity (Wildman–Crippen MR) is 78.7 cm³/mol. The molecule has 2 aromatic heterocycles. The van der Waals surface area contributed by atoms with E-state index in [1.807, 2.05) is 12.4 Å². The first-order valence-corrected chi connectivity index (χ1v) is 7.60. The van der Waals surface area contributed by atoms with Gasteiger partial charge in [0.25, 0.3) is 0 Å². The summed E-state index contributed by atoms with van der Waals surface area (Å²) in [5.74, 6) is 0.647. The summed E-state index contributed by atoms with van der Waals surface area (Å²) in [7, 11) is 0. The van der Waals surface area contributed by atoms with E-state index in [4.69, 9.17) is 4.74 Å². The molecule has 4 rings (SSSR count). The number of fused-ring (bicyclic) bond motifs is 1. The van der Waals surface area contributed by atoms with Gasteiger partial charge in [-0.05, 0) is 62.4 Å². The third-order valence-electron chi connectivity index (χ3n) is 4.86. The maximum atomic E-state index is 6.20. The quantitative estimate of drug-likeness (QED) is 0.881. The van der Waals surface area contributed by atoms with Crippen LogP contribution in [0.4, 0.5) is 0 Å². The maximum Gasteiger partial charge on any atom is 0.137 e. The van der Waals surface area contributed by atoms with Gasteiger partial charge in [0.1, 0.15) is 5.65 Å². The number of piperidine rings is 1. The molecule has 2 N–H and O–H groups in total. The van der Waals surface area contributed by atoms with E-state index in [0.717, 1.165) is 31.8 Å². The number of hydrogen-bond donors (Lipinski definition) is 2. The standard InChI is InChI=1S/C16H21N3O/c1-5-18-15-14(2-6-19-15)13(1)9-12-10-16(20-11-12)3-7-17-8-4-16/h1-2,5-6,12,17H,3-4,7-11H2,(H,18,19)/t12-/m0/s1. The van der Waals surface area contributed by atoms with Gasteiger partial charge in [0, 0.05) is 17.8 Å². The van der Waals surface area contributed by atoms with Gasteiger partial charge in [0.2, 0.25) is 0 Å². The third kappa shape index (κ3) is 2.13. The van der Waals surface area contributed by atoms with Crippen molar-refractivity contribution >= 4 is 11.0 Å². The Kier molecular flexibility index (Phi) is 3.00. The molecule has 1 spiro atoms. The minimum absolute atomic E-state index is 0.167. The number of ether oxygens (including phenoxy) is 1. The van der Waals surface area contributed by atoms with Gasteiger partial charge in [-0.1, -0.05) is 0 Å². The minimum atomic E-state index is 0.167. The maximum absolute atomic E-state index is 6.20. The zero-order valence-corrected chi connectivity index (χ0v) is 11.7. The Hall–Kier alpha value is -1.39. The van der Waals surface area contributed by atoms with Crippen LogP contribution in [0.2, 0.25) is 0 Å². The van der Waals surface area contributed by atoms with Crippen LogP contribution in [0.5, 0.6) is 0 Å². The average molecular weight is 271 g/mol. The van der Waals surface area contributed by atoms with E-state index in [2.05, 4.69) is 27.4 Å². The van der Waals surface area contributed by atoms with Crippen molar-refractivity contribution < 1.29 is 4.74 Å². The monoisotopic (exact) mass is 271 g/mol. The van der Waals surface area contributed by atoms with Gasteiger partial charge in [-0.2, -0.15) is 0 Å². The molecule has 0 amide bonds. The second-order valence-corrected chi connectivity index (χ2v) is 6.23. The molecule has 4 nitrogen and oxygen atoms in total. The molecule has 2 saturated heterocycles. The van der Waals surface area contributed by atoms with E-state index in [0.29, 0.717) is 5.92 Å². The van der Waals surface area contributed by atoms with Crippen LogP contribution < -0.4 is 5.32 Å². The van der Waals surface area contributed by atoms with E-state index in [1.165, 1.54) is 30.2 Å². The fourth-order valence-corrected chi connectivity index (χ4v) is 3.81. The molecular formula is C16H21N3O. The Morgan fingerprint density at radius 3 is 3.10 bits per heavy atom. The van der Waals surface area contributed by atoms with Gasteiger partial charge in [-0.25, -0.2) is 4.98 Å². The lowest BCUT2D eigenvalue weighted by molar-refractivity contribution is -0.0196. The molecule has 106 valence electrons. The highest BCUT2D eigenvalue weighted by Crippen LogP contribution is 2.38. The van der Waals surface area contributed by atoms with Crippen molar-refractivity contribution in [3.05, 3.63) is 30.1 Å². The van der Waals surface area contributed by atoms with Gasteiger partial charge in [0.15, 0.2) is 0 Å². The third-order valence-corrected chi connectivity index (χ3v) is 4.86. The highest BCUT2D eigenvalue weighted by Gasteiger charge is 2.40. The zero-order valence-electron chi connectivity index (χ0n) is 11.7. The zero-order chi connectivity index (χ0) is 13.4. The number of aromatic amines is 1. The first kappa shape index (κ1) is 12.4. The summed E-state index contributed by atoms with van der Waals surface area (Å²) in [5, 5.41) is 4.69. The van der Waals surface area contributed by atoms with Gasteiger partial charge < -0.3 is 15.0 Å². The normalized spacial score (nSPS) is 25.5. The van der Waals surface area contributed by atoms with Crippen LogP contribution in [0.25, 0.3) is 11.0 Å². The lowest BCUT2D eigenvalue weighted by Crippen LogP contribution is -2.41. The SMILES string of the molecule is c1cc(C[C@@H]2COC3(CCNCC3)C2)c2cc[nH]c2n1. The fraction of sp³-hybridized carbons (Fsp3) is 0.562. The van der Waals surface area contributed by atoms with Crippen molar-refractivity contribution in [1.82, 2.24) is 15.3 Å². The molecule has 1 atom stereocenters. The molecule has 2 aliphatic rings. The van der Waals surface area contributed by atoms with Crippen LogP contribution in [0.3, 0.4) is 0 Å². The minimum Gasteiger partial charge on any atom is -0.375 e. The Labute approximate surface area is 118 Å². The summed E-state index contributed by atoms with van der Waals surface area (Å²) >= 11 is 0. The van der Waals surface area contributed by atoms with Gasteiger partial charge in [0.05, 0.1) is 12.2 Å². The molecule has 2 fully saturated rings. The number of nitrogens with zero attached hydrogens (tertiary/aromatic N) is 1. The fourth-order valence-electron chi connectivity index (χ4n) is 3.81. The molecule has 0 radical (unpaired) electrons. The summed E-state index contributed by atoms with van der Waals surface area (Å²) in [5.41, 5.74) is 2.56. The van der Waals surface area contributed by atoms with E-state index in [1.54, 1.807) is 0 Å². The first-order valence-electron chi connectivity index (χ1n) is 7.60. The molecule has 2 aromatic rings. The van der Waals surface area contributed by atoms with E-state index >= 15 is 0 Å². The number of aromatic nitrogens is 2. The van der Waals surface area contributed by atoms with Crippen molar-refractivity contribution in [1.29, 1.82) is 0 Å². The van der Waals surface area contributed by atoms with Crippen LogP contribution >= 0.6 is 0 Å². The van der Waals surface area contributed by atoms with E-state index < -0.39 is 0 Å². The van der Waals surface area contributed by atoms with Crippen molar-refractivity contribution in [3.8, 4) is 0 Å². The largest absolute Gasteiger partial charge is 0.375 e. The Balaban J connectivity index is 1.51. The molecule has 0 unspecified atom stereocenters. The average Bonchev–Trinajstić information content (AvgIpc) is 3.08. The molecule has 2 aliphatic heterocycles. The van der Waals surface area contributed by atoms with Gasteiger partial charge in [-0.3, -0.25) is 0 Å². The number of pyridine rings is 1. The van der Waals surface area contributed by atoms with Crippen LogP contribution in [0, 0.1) is 5.92 Å². The first-order chi connectivity index (χ1) is 9.85. The summed E-state index contributed by atoms with van der Waals surface area (Å²) < 4.78 is 6.20. The predicted octanol–water partition coefficient (Wildman–Crippen LogP) is 2.26. The summed E-state index contributed by atoms with van der Waals surface area (Å²) in [6.45, 7) is 3.11. The molecule has 0 aliphatic carbocycles. The summed E-state index contributed by atoms with van der Waals surface area (Å²) in [6, 6.07) is 4.29. The topological polar surface area (TPSA) is 49.9 Å². The second-order valence-electron chi connectivity index (χ2n) is 6.23. The van der Waals surface area contributed by atoms with Crippen LogP contribution in [0.1, 0.15) is 24.8 Å².